The Bertz CT molecular complexity index is 164. The van der Waals surface area contributed by atoms with Gasteiger partial charge >= 0.3 is 0 Å². The number of nitrogens with one attached hydrogen (secondary N) is 1. The SMILES string of the molecule is CCC(C)NCC(=O)N1CCCC1. The minimum atomic E-state index is 0.262. The number of amides is 1. The summed E-state index contributed by atoms with van der Waals surface area (Å²) in [6.45, 7) is 6.66. The number of likely N-dealkylation sites (tertiary alicyclic amines) is 1. The van der Waals surface area contributed by atoms with Gasteiger partial charge in [-0.2, -0.15) is 0 Å². The summed E-state index contributed by atoms with van der Waals surface area (Å²) in [7, 11) is 0. The van der Waals surface area contributed by atoms with Crippen LogP contribution in [0.1, 0.15) is 33.1 Å². The summed E-state index contributed by atoms with van der Waals surface area (Å²) in [5.41, 5.74) is 0. The Hall–Kier alpha value is -0.570. The number of carbonyl (C=O) groups excluding carboxylic acids is 1. The van der Waals surface area contributed by atoms with Gasteiger partial charge in [0.15, 0.2) is 0 Å². The Morgan fingerprint density at radius 2 is 2.08 bits per heavy atom. The van der Waals surface area contributed by atoms with Gasteiger partial charge < -0.3 is 10.2 Å². The van der Waals surface area contributed by atoms with Crippen molar-refractivity contribution in [2.45, 2.75) is 39.2 Å². The van der Waals surface area contributed by atoms with Crippen LogP contribution in [0.15, 0.2) is 0 Å². The van der Waals surface area contributed by atoms with Crippen molar-refractivity contribution in [1.29, 1.82) is 0 Å². The number of hydrogen-bond acceptors (Lipinski definition) is 2. The van der Waals surface area contributed by atoms with E-state index in [1.807, 2.05) is 4.90 Å². The fourth-order valence-corrected chi connectivity index (χ4v) is 1.48. The maximum atomic E-state index is 11.5. The zero-order valence-corrected chi connectivity index (χ0v) is 8.68. The zero-order chi connectivity index (χ0) is 9.68. The monoisotopic (exact) mass is 184 g/mol. The summed E-state index contributed by atoms with van der Waals surface area (Å²) in [5.74, 6) is 0.262. The summed E-state index contributed by atoms with van der Waals surface area (Å²) in [6.07, 6.45) is 3.43. The molecule has 0 saturated carbocycles. The Morgan fingerprint density at radius 1 is 1.46 bits per heavy atom. The molecule has 1 saturated heterocycles. The van der Waals surface area contributed by atoms with Crippen molar-refractivity contribution in [2.24, 2.45) is 0 Å². The maximum absolute atomic E-state index is 11.5. The van der Waals surface area contributed by atoms with Crippen LogP contribution in [0.3, 0.4) is 0 Å². The lowest BCUT2D eigenvalue weighted by Gasteiger charge is -2.17. The normalized spacial score (nSPS) is 19.1. The topological polar surface area (TPSA) is 32.3 Å². The summed E-state index contributed by atoms with van der Waals surface area (Å²) in [5, 5.41) is 3.22. The van der Waals surface area contributed by atoms with Crippen LogP contribution in [-0.4, -0.2) is 36.5 Å². The Balaban J connectivity index is 2.16. The van der Waals surface area contributed by atoms with Gasteiger partial charge in [-0.25, -0.2) is 0 Å². The first kappa shape index (κ1) is 10.5. The lowest BCUT2D eigenvalue weighted by atomic mass is 10.2. The molecule has 0 bridgehead atoms. The van der Waals surface area contributed by atoms with Gasteiger partial charge in [0.1, 0.15) is 0 Å². The first-order chi connectivity index (χ1) is 6.24. The summed E-state index contributed by atoms with van der Waals surface area (Å²) < 4.78 is 0. The van der Waals surface area contributed by atoms with Crippen LogP contribution in [-0.2, 0) is 4.79 Å². The van der Waals surface area contributed by atoms with Crippen LogP contribution in [0.5, 0.6) is 0 Å². The summed E-state index contributed by atoms with van der Waals surface area (Å²) >= 11 is 0. The molecule has 1 rings (SSSR count). The van der Waals surface area contributed by atoms with E-state index in [1.165, 1.54) is 12.8 Å². The Kier molecular flexibility index (Phi) is 4.22. The average Bonchev–Trinajstić information content (AvgIpc) is 2.66. The third kappa shape index (κ3) is 3.35. The van der Waals surface area contributed by atoms with E-state index in [-0.39, 0.29) is 5.91 Å². The van der Waals surface area contributed by atoms with Crippen molar-refractivity contribution in [3.8, 4) is 0 Å². The van der Waals surface area contributed by atoms with E-state index in [4.69, 9.17) is 0 Å². The van der Waals surface area contributed by atoms with Crippen LogP contribution >= 0.6 is 0 Å². The molecule has 0 aliphatic carbocycles. The molecule has 1 fully saturated rings. The molecule has 0 aromatic heterocycles. The van der Waals surface area contributed by atoms with Crippen LogP contribution in [0, 0.1) is 0 Å². The highest BCUT2D eigenvalue weighted by atomic mass is 16.2. The van der Waals surface area contributed by atoms with Gasteiger partial charge in [0.05, 0.1) is 6.54 Å². The van der Waals surface area contributed by atoms with Gasteiger partial charge in [-0.3, -0.25) is 4.79 Å². The van der Waals surface area contributed by atoms with E-state index in [0.717, 1.165) is 19.5 Å². The van der Waals surface area contributed by atoms with E-state index in [9.17, 15) is 4.79 Å². The number of rotatable bonds is 4. The van der Waals surface area contributed by atoms with E-state index >= 15 is 0 Å². The second kappa shape index (κ2) is 5.22. The van der Waals surface area contributed by atoms with Crippen LogP contribution in [0.4, 0.5) is 0 Å². The molecular formula is C10H20N2O. The smallest absolute Gasteiger partial charge is 0.236 e. The number of carbonyl (C=O) groups is 1. The van der Waals surface area contributed by atoms with Crippen molar-refractivity contribution in [1.82, 2.24) is 10.2 Å². The minimum absolute atomic E-state index is 0.262. The van der Waals surface area contributed by atoms with Crippen LogP contribution in [0.25, 0.3) is 0 Å². The highest BCUT2D eigenvalue weighted by Crippen LogP contribution is 2.06. The molecular weight excluding hydrogens is 164 g/mol. The predicted molar refractivity (Wildman–Crippen MR) is 53.6 cm³/mol. The van der Waals surface area contributed by atoms with Crippen molar-refractivity contribution >= 4 is 5.91 Å². The molecule has 1 N–H and O–H groups in total. The summed E-state index contributed by atoms with van der Waals surface area (Å²) in [4.78, 5) is 13.5. The van der Waals surface area contributed by atoms with Crippen LogP contribution in [0.2, 0.25) is 0 Å². The molecule has 3 heteroatoms. The molecule has 0 radical (unpaired) electrons. The van der Waals surface area contributed by atoms with Crippen molar-refractivity contribution in [3.63, 3.8) is 0 Å². The first-order valence-corrected chi connectivity index (χ1v) is 5.25. The Labute approximate surface area is 80.5 Å². The molecule has 76 valence electrons. The fourth-order valence-electron chi connectivity index (χ4n) is 1.48. The van der Waals surface area contributed by atoms with Gasteiger partial charge in [0.2, 0.25) is 5.91 Å². The molecule has 1 atom stereocenters. The molecule has 0 aromatic carbocycles. The van der Waals surface area contributed by atoms with E-state index in [2.05, 4.69) is 19.2 Å². The lowest BCUT2D eigenvalue weighted by Crippen LogP contribution is -2.39. The van der Waals surface area contributed by atoms with Crippen molar-refractivity contribution in [3.05, 3.63) is 0 Å². The third-order valence-corrected chi connectivity index (χ3v) is 2.67. The van der Waals surface area contributed by atoms with E-state index in [1.54, 1.807) is 0 Å². The van der Waals surface area contributed by atoms with Gasteiger partial charge in [0, 0.05) is 19.1 Å². The fraction of sp³-hybridized carbons (Fsp3) is 0.900. The largest absolute Gasteiger partial charge is 0.342 e. The van der Waals surface area contributed by atoms with E-state index in [0.29, 0.717) is 12.6 Å². The van der Waals surface area contributed by atoms with Gasteiger partial charge in [-0.15, -0.1) is 0 Å². The molecule has 0 aromatic rings. The third-order valence-electron chi connectivity index (χ3n) is 2.67. The molecule has 1 amide bonds. The molecule has 1 aliphatic rings. The molecule has 3 nitrogen and oxygen atoms in total. The molecule has 1 aliphatic heterocycles. The molecule has 13 heavy (non-hydrogen) atoms. The second-order valence-electron chi connectivity index (χ2n) is 3.78. The zero-order valence-electron chi connectivity index (χ0n) is 8.68. The number of nitrogens with zero attached hydrogens (tertiary/aromatic N) is 1. The van der Waals surface area contributed by atoms with Crippen molar-refractivity contribution < 1.29 is 4.79 Å². The number of hydrogen-bond donors (Lipinski definition) is 1. The van der Waals surface area contributed by atoms with Gasteiger partial charge in [0.25, 0.3) is 0 Å². The Morgan fingerprint density at radius 3 is 2.62 bits per heavy atom. The van der Waals surface area contributed by atoms with Gasteiger partial charge in [-0.05, 0) is 26.2 Å². The molecule has 0 spiro atoms. The average molecular weight is 184 g/mol. The van der Waals surface area contributed by atoms with Crippen molar-refractivity contribution in [2.75, 3.05) is 19.6 Å². The summed E-state index contributed by atoms with van der Waals surface area (Å²) in [6, 6.07) is 0.451. The lowest BCUT2D eigenvalue weighted by molar-refractivity contribution is -0.129. The highest BCUT2D eigenvalue weighted by molar-refractivity contribution is 5.78. The van der Waals surface area contributed by atoms with Crippen LogP contribution < -0.4 is 5.32 Å². The maximum Gasteiger partial charge on any atom is 0.236 e. The molecule has 1 heterocycles. The highest BCUT2D eigenvalue weighted by Gasteiger charge is 2.17. The second-order valence-corrected chi connectivity index (χ2v) is 3.78. The van der Waals surface area contributed by atoms with Gasteiger partial charge in [-0.1, -0.05) is 6.92 Å². The minimum Gasteiger partial charge on any atom is -0.342 e. The predicted octanol–water partition coefficient (Wildman–Crippen LogP) is 0.997. The van der Waals surface area contributed by atoms with E-state index < -0.39 is 0 Å². The molecule has 1 unspecified atom stereocenters. The quantitative estimate of drug-likeness (QED) is 0.707. The first-order valence-electron chi connectivity index (χ1n) is 5.25. The standard InChI is InChI=1S/C10H20N2O/c1-3-9(2)11-8-10(13)12-6-4-5-7-12/h9,11H,3-8H2,1-2H3.